The first kappa shape index (κ1) is 16.3. The van der Waals surface area contributed by atoms with E-state index in [1.807, 2.05) is 30.2 Å². The lowest BCUT2D eigenvalue weighted by Crippen LogP contribution is -1.94. The van der Waals surface area contributed by atoms with Crippen LogP contribution in [0.5, 0.6) is 0 Å². The molecule has 0 atom stereocenters. The van der Waals surface area contributed by atoms with Crippen molar-refractivity contribution in [2.75, 3.05) is 0 Å². The minimum atomic E-state index is 0.913. The average molecular weight is 339 g/mol. The first-order chi connectivity index (χ1) is 12.7. The van der Waals surface area contributed by atoms with Crippen LogP contribution in [0.25, 0.3) is 34.2 Å². The maximum absolute atomic E-state index is 4.94. The van der Waals surface area contributed by atoms with E-state index in [2.05, 4.69) is 72.7 Å². The van der Waals surface area contributed by atoms with Gasteiger partial charge in [-0.25, -0.2) is 0 Å². The van der Waals surface area contributed by atoms with E-state index in [0.717, 1.165) is 23.2 Å². The molecule has 3 nitrogen and oxygen atoms in total. The van der Waals surface area contributed by atoms with E-state index in [-0.39, 0.29) is 0 Å². The molecule has 128 valence electrons. The predicted molar refractivity (Wildman–Crippen MR) is 109 cm³/mol. The molecule has 26 heavy (non-hydrogen) atoms. The Morgan fingerprint density at radius 3 is 2.58 bits per heavy atom. The Bertz CT molecular complexity index is 1080. The third-order valence-corrected chi connectivity index (χ3v) is 4.57. The summed E-state index contributed by atoms with van der Waals surface area (Å²) < 4.78 is 1.81. The molecule has 0 N–H and O–H groups in total. The molecule has 0 bridgehead atoms. The van der Waals surface area contributed by atoms with Crippen LogP contribution in [0.4, 0.5) is 0 Å². The summed E-state index contributed by atoms with van der Waals surface area (Å²) in [4.78, 5) is 4.94. The lowest BCUT2D eigenvalue weighted by molar-refractivity contribution is 0.767. The fourth-order valence-corrected chi connectivity index (χ4v) is 3.25. The zero-order valence-corrected chi connectivity index (χ0v) is 15.1. The van der Waals surface area contributed by atoms with Crippen molar-refractivity contribution in [3.05, 3.63) is 83.8 Å². The summed E-state index contributed by atoms with van der Waals surface area (Å²) in [5, 5.41) is 5.39. The molecule has 0 aliphatic rings. The number of pyridine rings is 1. The van der Waals surface area contributed by atoms with Crippen molar-refractivity contribution in [1.29, 1.82) is 0 Å². The van der Waals surface area contributed by atoms with Gasteiger partial charge in [0.2, 0.25) is 0 Å². The number of hydrogen-bond donors (Lipinski definition) is 0. The second-order valence-corrected chi connectivity index (χ2v) is 6.40. The lowest BCUT2D eigenvalue weighted by Gasteiger charge is -2.11. The molecule has 0 saturated carbocycles. The van der Waals surface area contributed by atoms with E-state index >= 15 is 0 Å². The normalized spacial score (nSPS) is 11.5. The standard InChI is InChI=1S/C23H21N3/c1-3-22-20(18-8-5-4-6-9-18)14-21-19(10-7-11-23(21)25-22)13-12-17-15-24-26(2)16-17/h4-16H,3H2,1-2H3/b13-12+. The van der Waals surface area contributed by atoms with Gasteiger partial charge in [0.15, 0.2) is 0 Å². The van der Waals surface area contributed by atoms with Crippen molar-refractivity contribution in [1.82, 2.24) is 14.8 Å². The van der Waals surface area contributed by atoms with Crippen molar-refractivity contribution < 1.29 is 0 Å². The fraction of sp³-hybridized carbons (Fsp3) is 0.130. The summed E-state index contributed by atoms with van der Waals surface area (Å²) >= 11 is 0. The van der Waals surface area contributed by atoms with Gasteiger partial charge < -0.3 is 0 Å². The van der Waals surface area contributed by atoms with E-state index in [9.17, 15) is 0 Å². The SMILES string of the molecule is CCc1nc2cccc(/C=C/c3cnn(C)c3)c2cc1-c1ccccc1. The minimum Gasteiger partial charge on any atom is -0.275 e. The van der Waals surface area contributed by atoms with Gasteiger partial charge in [0.25, 0.3) is 0 Å². The van der Waals surface area contributed by atoms with E-state index in [4.69, 9.17) is 4.98 Å². The van der Waals surface area contributed by atoms with Crippen LogP contribution in [0.3, 0.4) is 0 Å². The topological polar surface area (TPSA) is 30.7 Å². The first-order valence-electron chi connectivity index (χ1n) is 8.89. The largest absolute Gasteiger partial charge is 0.275 e. The Morgan fingerprint density at radius 2 is 1.85 bits per heavy atom. The van der Waals surface area contributed by atoms with Crippen LogP contribution in [0, 0.1) is 0 Å². The van der Waals surface area contributed by atoms with Gasteiger partial charge in [0, 0.05) is 35.5 Å². The molecule has 0 spiro atoms. The van der Waals surface area contributed by atoms with Crippen molar-refractivity contribution in [3.8, 4) is 11.1 Å². The molecule has 0 fully saturated rings. The summed E-state index contributed by atoms with van der Waals surface area (Å²) in [6.07, 6.45) is 9.02. The molecule has 0 saturated heterocycles. The molecule has 4 aromatic rings. The van der Waals surface area contributed by atoms with E-state index < -0.39 is 0 Å². The lowest BCUT2D eigenvalue weighted by atomic mass is 9.98. The third kappa shape index (κ3) is 3.16. The Kier molecular flexibility index (Phi) is 4.36. The summed E-state index contributed by atoms with van der Waals surface area (Å²) in [5.74, 6) is 0. The Morgan fingerprint density at radius 1 is 1.00 bits per heavy atom. The van der Waals surface area contributed by atoms with Gasteiger partial charge in [0.05, 0.1) is 11.7 Å². The van der Waals surface area contributed by atoms with Gasteiger partial charge in [-0.15, -0.1) is 0 Å². The third-order valence-electron chi connectivity index (χ3n) is 4.57. The zero-order chi connectivity index (χ0) is 17.9. The molecular weight excluding hydrogens is 318 g/mol. The van der Waals surface area contributed by atoms with Gasteiger partial charge in [-0.3, -0.25) is 9.67 Å². The van der Waals surface area contributed by atoms with Crippen LogP contribution >= 0.6 is 0 Å². The van der Waals surface area contributed by atoms with Gasteiger partial charge >= 0.3 is 0 Å². The number of benzene rings is 2. The highest BCUT2D eigenvalue weighted by Crippen LogP contribution is 2.29. The molecule has 0 amide bonds. The van der Waals surface area contributed by atoms with Gasteiger partial charge in [0.1, 0.15) is 0 Å². The number of rotatable bonds is 4. The van der Waals surface area contributed by atoms with Gasteiger partial charge in [-0.2, -0.15) is 5.10 Å². The van der Waals surface area contributed by atoms with Crippen LogP contribution in [0.2, 0.25) is 0 Å². The Hall–Kier alpha value is -3.20. The predicted octanol–water partition coefficient (Wildman–Crippen LogP) is 5.37. The molecular formula is C23H21N3. The minimum absolute atomic E-state index is 0.913. The molecule has 0 radical (unpaired) electrons. The van der Waals surface area contributed by atoms with Crippen molar-refractivity contribution >= 4 is 23.1 Å². The molecule has 2 heterocycles. The van der Waals surface area contributed by atoms with E-state index in [0.29, 0.717) is 0 Å². The maximum Gasteiger partial charge on any atom is 0.0711 e. The molecule has 0 unspecified atom stereocenters. The molecule has 2 aromatic heterocycles. The maximum atomic E-state index is 4.94. The highest BCUT2D eigenvalue weighted by atomic mass is 15.2. The zero-order valence-electron chi connectivity index (χ0n) is 15.1. The van der Waals surface area contributed by atoms with Gasteiger partial charge in [-0.1, -0.05) is 61.5 Å². The second-order valence-electron chi connectivity index (χ2n) is 6.40. The quantitative estimate of drug-likeness (QED) is 0.500. The summed E-state index contributed by atoms with van der Waals surface area (Å²) in [5.41, 5.74) is 6.85. The summed E-state index contributed by atoms with van der Waals surface area (Å²) in [6.45, 7) is 2.16. The van der Waals surface area contributed by atoms with Crippen LogP contribution in [0.15, 0.2) is 67.0 Å². The summed E-state index contributed by atoms with van der Waals surface area (Å²) in [7, 11) is 1.93. The molecule has 0 aliphatic carbocycles. The number of fused-ring (bicyclic) bond motifs is 1. The van der Waals surface area contributed by atoms with Crippen LogP contribution in [-0.4, -0.2) is 14.8 Å². The number of nitrogens with zero attached hydrogens (tertiary/aromatic N) is 3. The smallest absolute Gasteiger partial charge is 0.0711 e. The monoisotopic (exact) mass is 339 g/mol. The highest BCUT2D eigenvalue weighted by Gasteiger charge is 2.09. The molecule has 2 aromatic carbocycles. The Balaban J connectivity index is 1.85. The molecule has 0 aliphatic heterocycles. The molecule has 4 rings (SSSR count). The number of aromatic nitrogens is 3. The van der Waals surface area contributed by atoms with Crippen molar-refractivity contribution in [2.45, 2.75) is 13.3 Å². The number of hydrogen-bond acceptors (Lipinski definition) is 2. The second kappa shape index (κ2) is 6.96. The first-order valence-corrected chi connectivity index (χ1v) is 8.89. The van der Waals surface area contributed by atoms with Crippen LogP contribution < -0.4 is 0 Å². The summed E-state index contributed by atoms with van der Waals surface area (Å²) in [6, 6.07) is 19.1. The van der Waals surface area contributed by atoms with Crippen LogP contribution in [0.1, 0.15) is 23.7 Å². The van der Waals surface area contributed by atoms with Gasteiger partial charge in [-0.05, 0) is 29.7 Å². The van der Waals surface area contributed by atoms with Crippen molar-refractivity contribution in [2.24, 2.45) is 7.05 Å². The van der Waals surface area contributed by atoms with Crippen LogP contribution in [-0.2, 0) is 13.5 Å². The number of aryl methyl sites for hydroxylation is 2. The van der Waals surface area contributed by atoms with E-state index in [1.165, 1.54) is 22.1 Å². The Labute approximate surface area is 153 Å². The van der Waals surface area contributed by atoms with Crippen molar-refractivity contribution in [3.63, 3.8) is 0 Å². The highest BCUT2D eigenvalue weighted by molar-refractivity contribution is 5.93. The average Bonchev–Trinajstić information content (AvgIpc) is 3.11. The fourth-order valence-electron chi connectivity index (χ4n) is 3.25. The molecule has 3 heteroatoms. The van der Waals surface area contributed by atoms with E-state index in [1.54, 1.807) is 0 Å².